The van der Waals surface area contributed by atoms with Crippen molar-refractivity contribution in [3.63, 3.8) is 0 Å². The molecule has 5 heteroatoms. The van der Waals surface area contributed by atoms with E-state index in [4.69, 9.17) is 5.73 Å². The number of nitrogen functional groups attached to an aromatic ring is 1. The van der Waals surface area contributed by atoms with Gasteiger partial charge < -0.3 is 5.73 Å². The third-order valence-electron chi connectivity index (χ3n) is 2.41. The largest absolute Gasteiger partial charge is 0.382 e. The number of H-pyrrole nitrogens is 1. The molecule has 1 aromatic carbocycles. The Morgan fingerprint density at radius 2 is 2.25 bits per heavy atom. The number of fused-ring (bicyclic) bond motifs is 1. The molecule has 0 spiro atoms. The summed E-state index contributed by atoms with van der Waals surface area (Å²) in [5.41, 5.74) is 8.57. The summed E-state index contributed by atoms with van der Waals surface area (Å²) in [6.07, 6.45) is 0. The molecule has 0 bridgehead atoms. The van der Waals surface area contributed by atoms with Crippen LogP contribution >= 0.6 is 11.3 Å². The molecule has 0 unspecified atom stereocenters. The number of nitrogens with two attached hydrogens (primary N) is 1. The summed E-state index contributed by atoms with van der Waals surface area (Å²) in [6.45, 7) is 2.01. The van der Waals surface area contributed by atoms with Gasteiger partial charge in [-0.25, -0.2) is 4.98 Å². The summed E-state index contributed by atoms with van der Waals surface area (Å²) in [5.74, 6) is 0.499. The predicted molar refractivity (Wildman–Crippen MR) is 66.4 cm³/mol. The van der Waals surface area contributed by atoms with Gasteiger partial charge in [0, 0.05) is 11.6 Å². The lowest BCUT2D eigenvalue weighted by molar-refractivity contribution is 1.10. The minimum atomic E-state index is 0.499. The van der Waals surface area contributed by atoms with Gasteiger partial charge in [0.1, 0.15) is 5.82 Å². The average Bonchev–Trinajstić information content (AvgIpc) is 2.82. The Kier molecular flexibility index (Phi) is 1.94. The van der Waals surface area contributed by atoms with E-state index in [0.29, 0.717) is 5.82 Å². The summed E-state index contributed by atoms with van der Waals surface area (Å²) in [7, 11) is 0. The number of aryl methyl sites for hydroxylation is 1. The number of aromatic amines is 1. The van der Waals surface area contributed by atoms with Crippen LogP contribution in [0.4, 0.5) is 5.82 Å². The van der Waals surface area contributed by atoms with Crippen LogP contribution in [0.5, 0.6) is 0 Å². The Morgan fingerprint density at radius 3 is 3.00 bits per heavy atom. The van der Waals surface area contributed by atoms with Crippen molar-refractivity contribution < 1.29 is 0 Å². The maximum Gasteiger partial charge on any atom is 0.145 e. The summed E-state index contributed by atoms with van der Waals surface area (Å²) in [4.78, 5) is 4.53. The zero-order valence-electron chi connectivity index (χ0n) is 8.69. The van der Waals surface area contributed by atoms with Gasteiger partial charge >= 0.3 is 0 Å². The molecule has 2 aromatic heterocycles. The van der Waals surface area contributed by atoms with Crippen molar-refractivity contribution in [3.8, 4) is 11.3 Å². The molecule has 3 rings (SSSR count). The van der Waals surface area contributed by atoms with Crippen LogP contribution in [0.15, 0.2) is 24.3 Å². The molecule has 3 N–H and O–H groups in total. The molecular weight excluding hydrogens is 220 g/mol. The number of anilines is 1. The summed E-state index contributed by atoms with van der Waals surface area (Å²) in [5, 5.41) is 7.91. The van der Waals surface area contributed by atoms with Crippen LogP contribution in [-0.2, 0) is 0 Å². The van der Waals surface area contributed by atoms with Gasteiger partial charge in [0.15, 0.2) is 0 Å². The second kappa shape index (κ2) is 3.31. The van der Waals surface area contributed by atoms with E-state index in [1.54, 1.807) is 11.3 Å². The van der Waals surface area contributed by atoms with Crippen LogP contribution in [0, 0.1) is 6.92 Å². The van der Waals surface area contributed by atoms with Crippen molar-refractivity contribution in [2.45, 2.75) is 6.92 Å². The van der Waals surface area contributed by atoms with Crippen molar-refractivity contribution in [1.29, 1.82) is 0 Å². The van der Waals surface area contributed by atoms with E-state index in [1.807, 2.05) is 25.1 Å². The first-order valence-electron chi connectivity index (χ1n) is 4.91. The monoisotopic (exact) mass is 230 g/mol. The molecule has 0 radical (unpaired) electrons. The maximum atomic E-state index is 5.61. The Hall–Kier alpha value is -1.88. The second-order valence-corrected chi connectivity index (χ2v) is 4.83. The number of hydrogen-bond acceptors (Lipinski definition) is 4. The molecule has 0 aliphatic carbocycles. The number of rotatable bonds is 1. The first kappa shape index (κ1) is 9.35. The Bertz CT molecular complexity index is 653. The second-order valence-electron chi connectivity index (χ2n) is 3.59. The number of nitrogens with zero attached hydrogens (tertiary/aromatic N) is 2. The number of aromatic nitrogens is 3. The topological polar surface area (TPSA) is 67.6 Å². The number of benzene rings is 1. The van der Waals surface area contributed by atoms with Crippen molar-refractivity contribution in [2.24, 2.45) is 0 Å². The molecule has 0 amide bonds. The van der Waals surface area contributed by atoms with E-state index in [-0.39, 0.29) is 0 Å². The van der Waals surface area contributed by atoms with Crippen LogP contribution in [0.2, 0.25) is 0 Å². The van der Waals surface area contributed by atoms with Gasteiger partial charge in [-0.3, -0.25) is 5.10 Å². The SMILES string of the molecule is Cc1nc2c(-c3cc(N)n[nH]3)cccc2s1. The number of nitrogens with one attached hydrogen (secondary N) is 1. The molecule has 0 fully saturated rings. The molecule has 80 valence electrons. The van der Waals surface area contributed by atoms with Crippen LogP contribution in [-0.4, -0.2) is 15.2 Å². The standard InChI is InChI=1S/C11H10N4S/c1-6-13-11-7(3-2-4-9(11)16-6)8-5-10(12)15-14-8/h2-5H,1H3,(H3,12,14,15). The maximum absolute atomic E-state index is 5.61. The van der Waals surface area contributed by atoms with Crippen LogP contribution in [0.25, 0.3) is 21.5 Å². The molecule has 0 saturated carbocycles. The fraction of sp³-hybridized carbons (Fsp3) is 0.0909. The third kappa shape index (κ3) is 1.37. The quantitative estimate of drug-likeness (QED) is 0.675. The van der Waals surface area contributed by atoms with Crippen LogP contribution in [0.1, 0.15) is 5.01 Å². The highest BCUT2D eigenvalue weighted by Gasteiger charge is 2.09. The van der Waals surface area contributed by atoms with Gasteiger partial charge in [0.2, 0.25) is 0 Å². The third-order valence-corrected chi connectivity index (χ3v) is 3.35. The minimum Gasteiger partial charge on any atom is -0.382 e. The number of thiazole rings is 1. The van der Waals surface area contributed by atoms with Crippen molar-refractivity contribution >= 4 is 27.4 Å². The Morgan fingerprint density at radius 1 is 1.38 bits per heavy atom. The van der Waals surface area contributed by atoms with Crippen molar-refractivity contribution in [3.05, 3.63) is 29.3 Å². The lowest BCUT2D eigenvalue weighted by Gasteiger charge is -1.97. The molecule has 3 aromatic rings. The van der Waals surface area contributed by atoms with Crippen LogP contribution in [0.3, 0.4) is 0 Å². The molecule has 0 aliphatic heterocycles. The van der Waals surface area contributed by atoms with Gasteiger partial charge in [-0.05, 0) is 13.0 Å². The van der Waals surface area contributed by atoms with E-state index in [2.05, 4.69) is 21.2 Å². The van der Waals surface area contributed by atoms with Crippen molar-refractivity contribution in [2.75, 3.05) is 5.73 Å². The normalized spacial score (nSPS) is 11.1. The average molecular weight is 230 g/mol. The lowest BCUT2D eigenvalue weighted by Crippen LogP contribution is -1.81. The van der Waals surface area contributed by atoms with Gasteiger partial charge in [-0.15, -0.1) is 11.3 Å². The van der Waals surface area contributed by atoms with E-state index < -0.39 is 0 Å². The Balaban J connectivity index is 2.30. The molecule has 0 aliphatic rings. The molecular formula is C11H10N4S. The van der Waals surface area contributed by atoms with Gasteiger partial charge in [0.25, 0.3) is 0 Å². The highest BCUT2D eigenvalue weighted by atomic mass is 32.1. The summed E-state index contributed by atoms with van der Waals surface area (Å²) >= 11 is 1.69. The highest BCUT2D eigenvalue weighted by Crippen LogP contribution is 2.30. The van der Waals surface area contributed by atoms with E-state index in [0.717, 1.165) is 21.8 Å². The fourth-order valence-electron chi connectivity index (χ4n) is 1.75. The van der Waals surface area contributed by atoms with Gasteiger partial charge in [-0.2, -0.15) is 5.10 Å². The first-order valence-corrected chi connectivity index (χ1v) is 5.73. The Labute approximate surface area is 96.1 Å². The van der Waals surface area contributed by atoms with Gasteiger partial charge in [-0.1, -0.05) is 12.1 Å². The molecule has 0 saturated heterocycles. The lowest BCUT2D eigenvalue weighted by atomic mass is 10.1. The van der Waals surface area contributed by atoms with E-state index in [1.165, 1.54) is 4.70 Å². The fourth-order valence-corrected chi connectivity index (χ4v) is 2.61. The first-order chi connectivity index (χ1) is 7.74. The molecule has 4 nitrogen and oxygen atoms in total. The van der Waals surface area contributed by atoms with Gasteiger partial charge in [0.05, 0.1) is 20.9 Å². The molecule has 0 atom stereocenters. The zero-order valence-corrected chi connectivity index (χ0v) is 9.51. The summed E-state index contributed by atoms with van der Waals surface area (Å²) in [6, 6.07) is 7.94. The van der Waals surface area contributed by atoms with Crippen molar-refractivity contribution in [1.82, 2.24) is 15.2 Å². The minimum absolute atomic E-state index is 0.499. The van der Waals surface area contributed by atoms with E-state index >= 15 is 0 Å². The number of para-hydroxylation sites is 1. The molecule has 16 heavy (non-hydrogen) atoms. The predicted octanol–water partition coefficient (Wildman–Crippen LogP) is 2.58. The van der Waals surface area contributed by atoms with E-state index in [9.17, 15) is 0 Å². The smallest absolute Gasteiger partial charge is 0.145 e. The molecule has 2 heterocycles. The highest BCUT2D eigenvalue weighted by molar-refractivity contribution is 7.18. The number of hydrogen-bond donors (Lipinski definition) is 2. The zero-order chi connectivity index (χ0) is 11.1. The summed E-state index contributed by atoms with van der Waals surface area (Å²) < 4.78 is 1.18. The van der Waals surface area contributed by atoms with Crippen LogP contribution < -0.4 is 5.73 Å².